The van der Waals surface area contributed by atoms with Gasteiger partial charge < -0.3 is 9.84 Å². The van der Waals surface area contributed by atoms with Crippen molar-refractivity contribution < 1.29 is 9.84 Å². The van der Waals surface area contributed by atoms with E-state index in [9.17, 15) is 5.11 Å². The molecule has 0 amide bonds. The second-order valence-electron chi connectivity index (χ2n) is 5.36. The van der Waals surface area contributed by atoms with Gasteiger partial charge in [0.05, 0.1) is 19.3 Å². The molecule has 1 fully saturated rings. The molecule has 1 atom stereocenters. The van der Waals surface area contributed by atoms with Crippen LogP contribution in [0.4, 0.5) is 0 Å². The maximum atomic E-state index is 10.4. The van der Waals surface area contributed by atoms with Crippen LogP contribution in [-0.2, 0) is 18.0 Å². The number of fused-ring (bicyclic) bond motifs is 1. The molecule has 0 radical (unpaired) electrons. The Kier molecular flexibility index (Phi) is 3.17. The highest BCUT2D eigenvalue weighted by molar-refractivity contribution is 5.34. The van der Waals surface area contributed by atoms with Crippen molar-refractivity contribution in [3.63, 3.8) is 0 Å². The van der Waals surface area contributed by atoms with Crippen LogP contribution in [0.3, 0.4) is 0 Å². The summed E-state index contributed by atoms with van der Waals surface area (Å²) in [6, 6.07) is 6.33. The molecule has 1 heterocycles. The first-order valence-corrected chi connectivity index (χ1v) is 6.72. The standard InChI is InChI=1S/C15H20O2/c16-15(11-4-2-1-3-5-11)12-6-7-13-9-17-10-14(13)8-12/h6-8,11,15-16H,1-5,9-10H2. The van der Waals surface area contributed by atoms with Gasteiger partial charge in [0.2, 0.25) is 0 Å². The summed E-state index contributed by atoms with van der Waals surface area (Å²) in [5.41, 5.74) is 3.63. The zero-order valence-corrected chi connectivity index (χ0v) is 10.2. The molecular formula is C15H20O2. The van der Waals surface area contributed by atoms with Gasteiger partial charge in [0.15, 0.2) is 0 Å². The Bertz CT molecular complexity index is 394. The van der Waals surface area contributed by atoms with Gasteiger partial charge in [0, 0.05) is 0 Å². The molecule has 0 bridgehead atoms. The molecule has 0 spiro atoms. The van der Waals surface area contributed by atoms with Crippen LogP contribution in [0.1, 0.15) is 54.9 Å². The molecular weight excluding hydrogens is 212 g/mol. The zero-order valence-electron chi connectivity index (χ0n) is 10.2. The smallest absolute Gasteiger partial charge is 0.0818 e. The average molecular weight is 232 g/mol. The Hall–Kier alpha value is -0.860. The van der Waals surface area contributed by atoms with Gasteiger partial charge in [-0.2, -0.15) is 0 Å². The number of aliphatic hydroxyl groups is 1. The lowest BCUT2D eigenvalue weighted by Gasteiger charge is -2.27. The summed E-state index contributed by atoms with van der Waals surface area (Å²) in [5, 5.41) is 10.4. The van der Waals surface area contributed by atoms with E-state index in [1.54, 1.807) is 0 Å². The van der Waals surface area contributed by atoms with Crippen LogP contribution in [0.2, 0.25) is 0 Å². The van der Waals surface area contributed by atoms with Crippen molar-refractivity contribution in [3.05, 3.63) is 34.9 Å². The highest BCUT2D eigenvalue weighted by Gasteiger charge is 2.24. The molecule has 0 saturated heterocycles. The average Bonchev–Trinajstić information content (AvgIpc) is 2.86. The molecule has 1 aromatic carbocycles. The van der Waals surface area contributed by atoms with E-state index < -0.39 is 0 Å². The molecule has 1 aliphatic carbocycles. The summed E-state index contributed by atoms with van der Waals surface area (Å²) in [6.45, 7) is 1.44. The van der Waals surface area contributed by atoms with Crippen molar-refractivity contribution in [1.29, 1.82) is 0 Å². The lowest BCUT2D eigenvalue weighted by Crippen LogP contribution is -2.16. The zero-order chi connectivity index (χ0) is 11.7. The van der Waals surface area contributed by atoms with Crippen molar-refractivity contribution in [2.75, 3.05) is 0 Å². The van der Waals surface area contributed by atoms with Gasteiger partial charge in [-0.05, 0) is 35.4 Å². The normalized spacial score (nSPS) is 22.4. The van der Waals surface area contributed by atoms with Crippen LogP contribution in [0.25, 0.3) is 0 Å². The molecule has 1 saturated carbocycles. The Morgan fingerprint density at radius 2 is 1.82 bits per heavy atom. The molecule has 2 heteroatoms. The fourth-order valence-electron chi connectivity index (χ4n) is 3.10. The number of benzene rings is 1. The third kappa shape index (κ3) is 2.24. The lowest BCUT2D eigenvalue weighted by atomic mass is 9.82. The molecule has 2 aliphatic rings. The topological polar surface area (TPSA) is 29.5 Å². The summed E-state index contributed by atoms with van der Waals surface area (Å²) in [5.74, 6) is 0.462. The molecule has 92 valence electrons. The van der Waals surface area contributed by atoms with Crippen LogP contribution >= 0.6 is 0 Å². The molecule has 3 rings (SSSR count). The van der Waals surface area contributed by atoms with E-state index in [0.29, 0.717) is 12.5 Å². The van der Waals surface area contributed by atoms with E-state index in [0.717, 1.165) is 12.2 Å². The van der Waals surface area contributed by atoms with Crippen LogP contribution in [0.15, 0.2) is 18.2 Å². The highest BCUT2D eigenvalue weighted by Crippen LogP contribution is 2.35. The fraction of sp³-hybridized carbons (Fsp3) is 0.600. The van der Waals surface area contributed by atoms with Gasteiger partial charge in [-0.1, -0.05) is 37.5 Å². The minimum Gasteiger partial charge on any atom is -0.388 e. The lowest BCUT2D eigenvalue weighted by molar-refractivity contribution is 0.0847. The van der Waals surface area contributed by atoms with E-state index >= 15 is 0 Å². The van der Waals surface area contributed by atoms with Crippen LogP contribution in [0, 0.1) is 5.92 Å². The summed E-state index contributed by atoms with van der Waals surface area (Å²) < 4.78 is 5.41. The Balaban J connectivity index is 1.78. The summed E-state index contributed by atoms with van der Waals surface area (Å²) >= 11 is 0. The first-order chi connectivity index (χ1) is 8.34. The monoisotopic (exact) mass is 232 g/mol. The predicted molar refractivity (Wildman–Crippen MR) is 66.5 cm³/mol. The van der Waals surface area contributed by atoms with E-state index in [-0.39, 0.29) is 6.10 Å². The van der Waals surface area contributed by atoms with Gasteiger partial charge in [-0.3, -0.25) is 0 Å². The van der Waals surface area contributed by atoms with Gasteiger partial charge in [0.25, 0.3) is 0 Å². The van der Waals surface area contributed by atoms with Crippen molar-refractivity contribution >= 4 is 0 Å². The third-order valence-corrected chi connectivity index (χ3v) is 4.18. The first-order valence-electron chi connectivity index (χ1n) is 6.72. The Morgan fingerprint density at radius 3 is 2.65 bits per heavy atom. The molecule has 1 aliphatic heterocycles. The number of hydrogen-bond donors (Lipinski definition) is 1. The summed E-state index contributed by atoms with van der Waals surface area (Å²) in [7, 11) is 0. The fourth-order valence-corrected chi connectivity index (χ4v) is 3.10. The molecule has 1 unspecified atom stereocenters. The predicted octanol–water partition coefficient (Wildman–Crippen LogP) is 3.33. The van der Waals surface area contributed by atoms with Gasteiger partial charge in [-0.15, -0.1) is 0 Å². The second kappa shape index (κ2) is 4.79. The van der Waals surface area contributed by atoms with Crippen molar-refractivity contribution in [2.45, 2.75) is 51.4 Å². The number of hydrogen-bond acceptors (Lipinski definition) is 2. The van der Waals surface area contributed by atoms with Crippen LogP contribution < -0.4 is 0 Å². The highest BCUT2D eigenvalue weighted by atomic mass is 16.5. The van der Waals surface area contributed by atoms with Gasteiger partial charge in [0.1, 0.15) is 0 Å². The maximum absolute atomic E-state index is 10.4. The van der Waals surface area contributed by atoms with Crippen LogP contribution in [0.5, 0.6) is 0 Å². The summed E-state index contributed by atoms with van der Waals surface area (Å²) in [4.78, 5) is 0. The first kappa shape index (κ1) is 11.2. The van der Waals surface area contributed by atoms with Crippen molar-refractivity contribution in [3.8, 4) is 0 Å². The van der Waals surface area contributed by atoms with E-state index in [1.807, 2.05) is 0 Å². The summed E-state index contributed by atoms with van der Waals surface area (Å²) in [6.07, 6.45) is 5.96. The Morgan fingerprint density at radius 1 is 1.06 bits per heavy atom. The maximum Gasteiger partial charge on any atom is 0.0818 e. The van der Waals surface area contributed by atoms with Crippen LogP contribution in [-0.4, -0.2) is 5.11 Å². The molecule has 0 aromatic heterocycles. The quantitative estimate of drug-likeness (QED) is 0.847. The number of ether oxygens (including phenoxy) is 1. The minimum absolute atomic E-state index is 0.277. The van der Waals surface area contributed by atoms with E-state index in [4.69, 9.17) is 4.74 Å². The third-order valence-electron chi connectivity index (χ3n) is 4.18. The Labute approximate surface area is 103 Å². The molecule has 17 heavy (non-hydrogen) atoms. The van der Waals surface area contributed by atoms with Gasteiger partial charge >= 0.3 is 0 Å². The minimum atomic E-state index is -0.277. The molecule has 1 N–H and O–H groups in total. The second-order valence-corrected chi connectivity index (χ2v) is 5.36. The van der Waals surface area contributed by atoms with Gasteiger partial charge in [-0.25, -0.2) is 0 Å². The number of rotatable bonds is 2. The SMILES string of the molecule is OC(c1ccc2c(c1)COC2)C1CCCCC1. The van der Waals surface area contributed by atoms with Crippen molar-refractivity contribution in [2.24, 2.45) is 5.92 Å². The van der Waals surface area contributed by atoms with E-state index in [1.165, 1.54) is 43.2 Å². The van der Waals surface area contributed by atoms with Crippen molar-refractivity contribution in [1.82, 2.24) is 0 Å². The molecule has 1 aromatic rings. The largest absolute Gasteiger partial charge is 0.388 e. The molecule has 2 nitrogen and oxygen atoms in total. The van der Waals surface area contributed by atoms with E-state index in [2.05, 4.69) is 18.2 Å². The number of aliphatic hydroxyl groups excluding tert-OH is 1.